The quantitative estimate of drug-likeness (QED) is 0.0127. The topological polar surface area (TPSA) is 546 Å². The summed E-state index contributed by atoms with van der Waals surface area (Å²) in [6.07, 6.45) is -6.28. The van der Waals surface area contributed by atoms with Crippen LogP contribution in [0.25, 0.3) is 0 Å². The normalized spacial score (nSPS) is 16.4. The number of esters is 1. The number of benzene rings is 1. The largest absolute Gasteiger partial charge is 0.453 e. The van der Waals surface area contributed by atoms with Gasteiger partial charge < -0.3 is 102 Å². The molecule has 0 aliphatic heterocycles. The van der Waals surface area contributed by atoms with Gasteiger partial charge in [-0.1, -0.05) is 113 Å². The molecule has 15 atom stereocenters. The van der Waals surface area contributed by atoms with E-state index in [-0.39, 0.29) is 80.3 Å². The van der Waals surface area contributed by atoms with E-state index in [2.05, 4.69) is 42.2 Å². The fraction of sp³-hybridized carbons (Fsp3) is 0.678. The van der Waals surface area contributed by atoms with Gasteiger partial charge in [0.1, 0.15) is 42.3 Å². The van der Waals surface area contributed by atoms with Gasteiger partial charge >= 0.3 is 5.97 Å². The molecule has 0 radical (unpaired) electrons. The number of aliphatic hydroxyl groups excluding tert-OH is 4. The van der Waals surface area contributed by atoms with Crippen molar-refractivity contribution in [3.8, 4) is 0 Å². The van der Waals surface area contributed by atoms with Gasteiger partial charge in [-0.15, -0.1) is 0 Å². The van der Waals surface area contributed by atoms with Crippen LogP contribution < -0.4 is 76.5 Å². The van der Waals surface area contributed by atoms with Crippen molar-refractivity contribution in [3.63, 3.8) is 0 Å². The highest BCUT2D eigenvalue weighted by molar-refractivity contribution is 5.99. The van der Waals surface area contributed by atoms with Gasteiger partial charge in [-0.3, -0.25) is 57.7 Å². The van der Waals surface area contributed by atoms with Crippen LogP contribution in [0.3, 0.4) is 0 Å². The first-order valence-corrected chi connectivity index (χ1v) is 30.4. The molecule has 0 unspecified atom stereocenters. The maximum Gasteiger partial charge on any atom is 0.331 e. The number of nitrogens with two attached hydrogens (primary N) is 5. The average molecular weight is 1290 g/mol. The second-order valence-electron chi connectivity index (χ2n) is 24.3. The minimum absolute atomic E-state index is 0.0277. The molecule has 11 amide bonds. The van der Waals surface area contributed by atoms with Crippen molar-refractivity contribution in [2.75, 3.05) is 19.7 Å². The highest BCUT2D eigenvalue weighted by Crippen LogP contribution is 2.24. The van der Waals surface area contributed by atoms with E-state index in [1.54, 1.807) is 61.5 Å². The van der Waals surface area contributed by atoms with Gasteiger partial charge in [-0.05, 0) is 74.2 Å². The van der Waals surface area contributed by atoms with E-state index in [9.17, 15) is 78.0 Å². The van der Waals surface area contributed by atoms with E-state index < -0.39 is 175 Å². The Morgan fingerprint density at radius 1 is 0.538 bits per heavy atom. The van der Waals surface area contributed by atoms with Gasteiger partial charge in [0.2, 0.25) is 65.0 Å². The number of carbonyl (C=O) groups is 12. The molecule has 0 aromatic heterocycles. The minimum atomic E-state index is -2.55. The summed E-state index contributed by atoms with van der Waals surface area (Å²) in [5, 5.41) is 63.9. The highest BCUT2D eigenvalue weighted by Gasteiger charge is 2.41. The lowest BCUT2D eigenvalue weighted by Gasteiger charge is -2.30. The number of rotatable bonds is 41. The predicted octanol–water partition coefficient (Wildman–Crippen LogP) is -4.81. The van der Waals surface area contributed by atoms with Crippen molar-refractivity contribution in [3.05, 3.63) is 35.9 Å². The summed E-state index contributed by atoms with van der Waals surface area (Å²) in [4.78, 5) is 167. The van der Waals surface area contributed by atoms with Gasteiger partial charge in [0.05, 0.1) is 37.3 Å². The molecule has 0 heterocycles. The van der Waals surface area contributed by atoms with E-state index in [0.717, 1.165) is 6.92 Å². The molecule has 91 heavy (non-hydrogen) atoms. The Kier molecular flexibility index (Phi) is 35.5. The molecule has 32 nitrogen and oxygen atoms in total. The Morgan fingerprint density at radius 2 is 1.02 bits per heavy atom. The molecule has 23 N–H and O–H groups in total. The third kappa shape index (κ3) is 28.3. The van der Waals surface area contributed by atoms with Crippen LogP contribution in [0.15, 0.2) is 35.3 Å². The minimum Gasteiger partial charge on any atom is -0.453 e. The molecule has 0 aliphatic rings. The van der Waals surface area contributed by atoms with Gasteiger partial charge in [-0.25, -0.2) is 4.79 Å². The zero-order valence-corrected chi connectivity index (χ0v) is 54.2. The number of carbonyl (C=O) groups excluding carboxylic acids is 12. The third-order valence-corrected chi connectivity index (χ3v) is 14.5. The lowest BCUT2D eigenvalue weighted by atomic mass is 9.93. The van der Waals surface area contributed by atoms with Gasteiger partial charge in [-0.2, -0.15) is 0 Å². The number of hydrogen-bond donors (Lipinski definition) is 18. The number of amides is 11. The molecule has 1 rings (SSSR count). The Morgan fingerprint density at radius 3 is 1.51 bits per heavy atom. The van der Waals surface area contributed by atoms with Crippen molar-refractivity contribution in [1.82, 2.24) is 47.9 Å². The fourth-order valence-electron chi connectivity index (χ4n) is 9.11. The Labute approximate surface area is 531 Å². The molecule has 0 aliphatic carbocycles. The molecular weight excluding hydrogens is 1190 g/mol. The Hall–Kier alpha value is -8.07. The van der Waals surface area contributed by atoms with E-state index in [4.69, 9.17) is 33.4 Å². The Balaban J connectivity index is 3.46. The van der Waals surface area contributed by atoms with Crippen LogP contribution >= 0.6 is 0 Å². The molecule has 1 aromatic carbocycles. The van der Waals surface area contributed by atoms with E-state index in [1.165, 1.54) is 31.2 Å². The summed E-state index contributed by atoms with van der Waals surface area (Å²) in [6.45, 7) is 17.9. The molecule has 0 saturated carbocycles. The van der Waals surface area contributed by atoms with Gasteiger partial charge in [0.15, 0.2) is 24.2 Å². The zero-order chi connectivity index (χ0) is 69.7. The maximum absolute atomic E-state index is 14.2. The monoisotopic (exact) mass is 1290 g/mol. The summed E-state index contributed by atoms with van der Waals surface area (Å²) in [5.74, 6) is -15.6. The molecule has 1 aromatic rings. The molecule has 0 bridgehead atoms. The van der Waals surface area contributed by atoms with Crippen LogP contribution in [0.4, 0.5) is 0 Å². The van der Waals surface area contributed by atoms with Gasteiger partial charge in [0.25, 0.3) is 0 Å². The van der Waals surface area contributed by atoms with Gasteiger partial charge in [0, 0.05) is 6.54 Å². The molecular formula is C59H101N15O17. The number of aliphatic imine (C=N–C) groups is 1. The van der Waals surface area contributed by atoms with Crippen molar-refractivity contribution in [1.29, 1.82) is 0 Å². The summed E-state index contributed by atoms with van der Waals surface area (Å²) in [7, 11) is 0. The number of ether oxygens (including phenoxy) is 1. The van der Waals surface area contributed by atoms with Crippen LogP contribution in [-0.4, -0.2) is 190 Å². The second-order valence-corrected chi connectivity index (χ2v) is 24.3. The first kappa shape index (κ1) is 80.9. The van der Waals surface area contributed by atoms with E-state index in [0.29, 0.717) is 0 Å². The van der Waals surface area contributed by atoms with Crippen LogP contribution in [0, 0.1) is 35.5 Å². The Bertz CT molecular complexity index is 2620. The molecule has 0 spiro atoms. The summed E-state index contributed by atoms with van der Waals surface area (Å²) in [6, 6.07) is -7.13. The van der Waals surface area contributed by atoms with Crippen LogP contribution in [0.2, 0.25) is 0 Å². The zero-order valence-electron chi connectivity index (χ0n) is 54.2. The van der Waals surface area contributed by atoms with Crippen molar-refractivity contribution >= 4 is 76.9 Å². The second kappa shape index (κ2) is 39.9. The van der Waals surface area contributed by atoms with Crippen molar-refractivity contribution in [2.45, 2.75) is 200 Å². The summed E-state index contributed by atoms with van der Waals surface area (Å²) in [5.41, 5.74) is 28.2. The highest BCUT2D eigenvalue weighted by atomic mass is 16.5. The number of guanidine groups is 1. The van der Waals surface area contributed by atoms with Crippen LogP contribution in [0.1, 0.15) is 133 Å². The first-order chi connectivity index (χ1) is 42.4. The number of nitrogens with zero attached hydrogens (tertiary/aromatic N) is 1. The van der Waals surface area contributed by atoms with E-state index in [1.807, 2.05) is 24.5 Å². The van der Waals surface area contributed by atoms with E-state index >= 15 is 0 Å². The number of aliphatic hydroxyl groups is 4. The predicted molar refractivity (Wildman–Crippen MR) is 333 cm³/mol. The number of hydrogen-bond acceptors (Lipinski definition) is 19. The molecule has 32 heteroatoms. The summed E-state index contributed by atoms with van der Waals surface area (Å²) < 4.78 is 5.65. The van der Waals surface area contributed by atoms with Crippen molar-refractivity contribution in [2.24, 2.45) is 69.2 Å². The molecule has 0 saturated heterocycles. The number of nitrogens with one attached hydrogen (secondary N) is 9. The van der Waals surface area contributed by atoms with Crippen LogP contribution in [0.5, 0.6) is 0 Å². The smallest absolute Gasteiger partial charge is 0.331 e. The van der Waals surface area contributed by atoms with Crippen molar-refractivity contribution < 1.29 is 82.7 Å². The standard InChI is InChI=1S/C59H101N15O17/c1-13-31(10)41(72-52(84)36(20-17-21-65-59(63)64)67-53(85)37(23-28(4)5)68-50(82)32(11)45(78)30(8)9)56(88)73-42(33(12)76)55(87)66-25-40(77)71-43(46(79)49(62)81)57(89)70-39(26-75)58(90)91-47(34-18-15-14-16-19-34)44(48(61)80)74-54(86)38(24-29(6)7)69-51(83)35(60)22-27(2)3/h14-16,18-19,27-33,35-39,41-47,75-76,78-79H,13,17,20-26,60H2,1-12H3,(H2,61,80)(H2,62,81)(H,66,87)(H,67,85)(H,68,82)(H,69,83)(H,70,89)(H,71,77)(H,72,84)(H,73,88)(H,74,86)(H4,63,64,65)/t31-,32-,33-,35+,36+,37-,38-,39-,41-,42-,43-,44-,45+,46-,47+/m0/s1. The summed E-state index contributed by atoms with van der Waals surface area (Å²) >= 11 is 0. The first-order valence-electron chi connectivity index (χ1n) is 30.4. The maximum atomic E-state index is 14.2. The lowest BCUT2D eigenvalue weighted by Crippen LogP contribution is -2.62. The average Bonchev–Trinajstić information content (AvgIpc) is 1.21. The lowest BCUT2D eigenvalue weighted by molar-refractivity contribution is -0.158. The molecule has 514 valence electrons. The molecule has 0 fully saturated rings. The third-order valence-electron chi connectivity index (χ3n) is 14.5. The number of primary amides is 2. The van der Waals surface area contributed by atoms with Crippen LogP contribution in [-0.2, 0) is 62.3 Å². The SMILES string of the molecule is CC[C@H](C)[C@H](NC(=O)[C@@H](CCCN=C(N)N)NC(=O)[C@H](CC(C)C)NC(=O)[C@@H](C)[C@H](O)C(C)C)C(=O)N[C@H](C(=O)NCC(=O)N[C@H](C(=O)N[C@@H](CO)C(=O)O[C@H](c1ccccc1)[C@H](NC(=O)[C@H](CC(C)C)NC(=O)[C@H](N)CC(C)C)C(N)=O)[C@H](O)C(N)=O)[C@H](C)O. The fourth-order valence-corrected chi connectivity index (χ4v) is 9.11.